The van der Waals surface area contributed by atoms with Gasteiger partial charge in [0.05, 0.1) is 0 Å². The molecule has 0 bridgehead atoms. The van der Waals surface area contributed by atoms with E-state index in [0.717, 1.165) is 5.75 Å². The van der Waals surface area contributed by atoms with Gasteiger partial charge in [-0.15, -0.1) is 11.8 Å². The molecule has 76 valence electrons. The van der Waals surface area contributed by atoms with Crippen LogP contribution in [0.25, 0.3) is 0 Å². The first-order valence-electron chi connectivity index (χ1n) is 5.25. The molecule has 1 fully saturated rings. The standard InChI is InChI=1S/C12H17NS/c13-12(8-4-5-9-12)10-14-11-6-2-1-3-7-11/h1-3,6-7H,4-5,8-10,13H2. The van der Waals surface area contributed by atoms with E-state index in [-0.39, 0.29) is 5.54 Å². The molecule has 1 aliphatic carbocycles. The first kappa shape index (κ1) is 10.1. The van der Waals surface area contributed by atoms with Crippen molar-refractivity contribution in [2.24, 2.45) is 5.73 Å². The summed E-state index contributed by atoms with van der Waals surface area (Å²) < 4.78 is 0. The topological polar surface area (TPSA) is 26.0 Å². The minimum Gasteiger partial charge on any atom is -0.324 e. The lowest BCUT2D eigenvalue weighted by atomic mass is 10.0. The molecule has 0 heterocycles. The Morgan fingerprint density at radius 1 is 1.14 bits per heavy atom. The molecule has 1 aliphatic rings. The molecule has 0 spiro atoms. The Kier molecular flexibility index (Phi) is 3.14. The molecule has 14 heavy (non-hydrogen) atoms. The maximum atomic E-state index is 6.29. The molecule has 0 amide bonds. The van der Waals surface area contributed by atoms with Crippen LogP contribution in [0.15, 0.2) is 35.2 Å². The Bertz CT molecular complexity index is 278. The van der Waals surface area contributed by atoms with Crippen LogP contribution in [0.2, 0.25) is 0 Å². The number of thioether (sulfide) groups is 1. The number of benzene rings is 1. The fourth-order valence-corrected chi connectivity index (χ4v) is 3.06. The number of rotatable bonds is 3. The van der Waals surface area contributed by atoms with Crippen molar-refractivity contribution in [2.45, 2.75) is 36.1 Å². The van der Waals surface area contributed by atoms with E-state index in [1.807, 2.05) is 11.8 Å². The SMILES string of the molecule is NC1(CSc2ccccc2)CCCC1. The number of hydrogen-bond donors (Lipinski definition) is 1. The quantitative estimate of drug-likeness (QED) is 0.771. The van der Waals surface area contributed by atoms with Crippen LogP contribution < -0.4 is 5.73 Å². The third-order valence-corrected chi connectivity index (χ3v) is 4.19. The fraction of sp³-hybridized carbons (Fsp3) is 0.500. The second kappa shape index (κ2) is 4.37. The van der Waals surface area contributed by atoms with Crippen molar-refractivity contribution in [3.63, 3.8) is 0 Å². The zero-order valence-corrected chi connectivity index (χ0v) is 9.22. The summed E-state index contributed by atoms with van der Waals surface area (Å²) in [6.45, 7) is 0. The normalized spacial score (nSPS) is 19.8. The van der Waals surface area contributed by atoms with Gasteiger partial charge in [-0.3, -0.25) is 0 Å². The van der Waals surface area contributed by atoms with Crippen LogP contribution in [0.1, 0.15) is 25.7 Å². The highest BCUT2D eigenvalue weighted by molar-refractivity contribution is 7.99. The first-order valence-corrected chi connectivity index (χ1v) is 6.24. The van der Waals surface area contributed by atoms with Crippen LogP contribution in [-0.2, 0) is 0 Å². The van der Waals surface area contributed by atoms with Crippen LogP contribution in [0, 0.1) is 0 Å². The summed E-state index contributed by atoms with van der Waals surface area (Å²) in [4.78, 5) is 1.34. The second-order valence-electron chi connectivity index (χ2n) is 4.17. The van der Waals surface area contributed by atoms with Gasteiger partial charge < -0.3 is 5.73 Å². The average molecular weight is 207 g/mol. The lowest BCUT2D eigenvalue weighted by molar-refractivity contribution is 0.497. The summed E-state index contributed by atoms with van der Waals surface area (Å²) in [7, 11) is 0. The van der Waals surface area contributed by atoms with Gasteiger partial charge >= 0.3 is 0 Å². The van der Waals surface area contributed by atoms with Crippen LogP contribution in [0.3, 0.4) is 0 Å². The van der Waals surface area contributed by atoms with Crippen molar-refractivity contribution >= 4 is 11.8 Å². The van der Waals surface area contributed by atoms with Crippen molar-refractivity contribution in [1.29, 1.82) is 0 Å². The Labute approximate surface area is 90.1 Å². The molecule has 1 aromatic carbocycles. The average Bonchev–Trinajstić information content (AvgIpc) is 2.65. The molecule has 1 saturated carbocycles. The molecule has 0 aliphatic heterocycles. The van der Waals surface area contributed by atoms with E-state index < -0.39 is 0 Å². The van der Waals surface area contributed by atoms with Crippen molar-refractivity contribution in [3.05, 3.63) is 30.3 Å². The number of nitrogens with two attached hydrogens (primary N) is 1. The molecular weight excluding hydrogens is 190 g/mol. The van der Waals surface area contributed by atoms with E-state index in [4.69, 9.17) is 5.73 Å². The third-order valence-electron chi connectivity index (χ3n) is 2.87. The largest absolute Gasteiger partial charge is 0.324 e. The van der Waals surface area contributed by atoms with Gasteiger partial charge in [0.1, 0.15) is 0 Å². The molecule has 2 rings (SSSR count). The van der Waals surface area contributed by atoms with E-state index >= 15 is 0 Å². The van der Waals surface area contributed by atoms with E-state index in [1.165, 1.54) is 30.6 Å². The van der Waals surface area contributed by atoms with Crippen LogP contribution in [0.4, 0.5) is 0 Å². The maximum absolute atomic E-state index is 6.29. The predicted octanol–water partition coefficient (Wildman–Crippen LogP) is 3.05. The molecule has 0 radical (unpaired) electrons. The number of hydrogen-bond acceptors (Lipinski definition) is 2. The minimum atomic E-state index is 0.112. The van der Waals surface area contributed by atoms with Gasteiger partial charge in [-0.1, -0.05) is 31.0 Å². The molecule has 0 atom stereocenters. The van der Waals surface area contributed by atoms with Gasteiger partial charge in [-0.25, -0.2) is 0 Å². The van der Waals surface area contributed by atoms with E-state index in [1.54, 1.807) is 0 Å². The third kappa shape index (κ3) is 2.52. The zero-order valence-electron chi connectivity index (χ0n) is 8.41. The van der Waals surface area contributed by atoms with E-state index in [2.05, 4.69) is 30.3 Å². The molecule has 1 aromatic rings. The highest BCUT2D eigenvalue weighted by atomic mass is 32.2. The Hall–Kier alpha value is -0.470. The summed E-state index contributed by atoms with van der Waals surface area (Å²) in [5.41, 5.74) is 6.40. The molecule has 0 saturated heterocycles. The van der Waals surface area contributed by atoms with Gasteiger partial charge in [-0.2, -0.15) is 0 Å². The van der Waals surface area contributed by atoms with Crippen LogP contribution >= 0.6 is 11.8 Å². The summed E-state index contributed by atoms with van der Waals surface area (Å²) >= 11 is 1.89. The monoisotopic (exact) mass is 207 g/mol. The highest BCUT2D eigenvalue weighted by Gasteiger charge is 2.28. The van der Waals surface area contributed by atoms with Crippen molar-refractivity contribution in [2.75, 3.05) is 5.75 Å². The van der Waals surface area contributed by atoms with Gasteiger partial charge in [-0.05, 0) is 25.0 Å². The summed E-state index contributed by atoms with van der Waals surface area (Å²) in [5, 5.41) is 0. The van der Waals surface area contributed by atoms with E-state index in [9.17, 15) is 0 Å². The van der Waals surface area contributed by atoms with Gasteiger partial charge in [0.25, 0.3) is 0 Å². The van der Waals surface area contributed by atoms with Crippen molar-refractivity contribution in [1.82, 2.24) is 0 Å². The predicted molar refractivity (Wildman–Crippen MR) is 62.6 cm³/mol. The van der Waals surface area contributed by atoms with Gasteiger partial charge in [0.15, 0.2) is 0 Å². The van der Waals surface area contributed by atoms with E-state index in [0.29, 0.717) is 0 Å². The van der Waals surface area contributed by atoms with Crippen LogP contribution in [-0.4, -0.2) is 11.3 Å². The Morgan fingerprint density at radius 3 is 2.43 bits per heavy atom. The van der Waals surface area contributed by atoms with Crippen molar-refractivity contribution < 1.29 is 0 Å². The molecule has 0 unspecified atom stereocenters. The fourth-order valence-electron chi connectivity index (χ4n) is 1.97. The Balaban J connectivity index is 1.88. The Morgan fingerprint density at radius 2 is 1.79 bits per heavy atom. The minimum absolute atomic E-state index is 0.112. The summed E-state index contributed by atoms with van der Waals surface area (Å²) in [5.74, 6) is 1.07. The van der Waals surface area contributed by atoms with Gasteiger partial charge in [0, 0.05) is 16.2 Å². The maximum Gasteiger partial charge on any atom is 0.0249 e. The molecular formula is C12H17NS. The zero-order chi connectivity index (χ0) is 9.86. The molecule has 0 aromatic heterocycles. The van der Waals surface area contributed by atoms with Crippen LogP contribution in [0.5, 0.6) is 0 Å². The molecule has 2 heteroatoms. The highest BCUT2D eigenvalue weighted by Crippen LogP contribution is 2.32. The lowest BCUT2D eigenvalue weighted by Gasteiger charge is -2.22. The first-order chi connectivity index (χ1) is 6.79. The summed E-state index contributed by atoms with van der Waals surface area (Å²) in [6.07, 6.45) is 5.03. The molecule has 1 nitrogen and oxygen atoms in total. The second-order valence-corrected chi connectivity index (χ2v) is 5.22. The van der Waals surface area contributed by atoms with Gasteiger partial charge in [0.2, 0.25) is 0 Å². The summed E-state index contributed by atoms with van der Waals surface area (Å²) in [6, 6.07) is 10.5. The molecule has 2 N–H and O–H groups in total. The van der Waals surface area contributed by atoms with Crippen molar-refractivity contribution in [3.8, 4) is 0 Å². The smallest absolute Gasteiger partial charge is 0.0249 e. The lowest BCUT2D eigenvalue weighted by Crippen LogP contribution is -2.38.